The van der Waals surface area contributed by atoms with Crippen LogP contribution in [0.25, 0.3) is 0 Å². The summed E-state index contributed by atoms with van der Waals surface area (Å²) in [5, 5.41) is 16.3. The maximum Gasteiger partial charge on any atom is 0.0964 e. The van der Waals surface area contributed by atoms with Gasteiger partial charge in [-0.05, 0) is 13.5 Å². The van der Waals surface area contributed by atoms with Crippen molar-refractivity contribution in [2.75, 3.05) is 7.05 Å². The van der Waals surface area contributed by atoms with Crippen molar-refractivity contribution in [1.82, 2.24) is 30.1 Å². The molecule has 0 atom stereocenters. The summed E-state index contributed by atoms with van der Waals surface area (Å²) in [6.45, 7) is 3.33. The summed E-state index contributed by atoms with van der Waals surface area (Å²) in [5.74, 6) is 0. The average Bonchev–Trinajstić information content (AvgIpc) is 2.89. The molecule has 0 aromatic carbocycles. The minimum absolute atomic E-state index is 0.582. The number of nitrogens with zero attached hydrogens (tertiary/aromatic N) is 5. The Morgan fingerprint density at radius 2 is 2.22 bits per heavy atom. The quantitative estimate of drug-likeness (QED) is 0.879. The first-order valence-electron chi connectivity index (χ1n) is 5.89. The van der Waals surface area contributed by atoms with E-state index >= 15 is 0 Å². The highest BCUT2D eigenvalue weighted by Crippen LogP contribution is 2.21. The molecule has 2 heterocycles. The Balaban J connectivity index is 2.20. The van der Waals surface area contributed by atoms with Crippen molar-refractivity contribution in [3.63, 3.8) is 0 Å². The number of aromatic nitrogens is 5. The second-order valence-electron chi connectivity index (χ2n) is 4.12. The number of rotatable bonds is 5. The Bertz CT molecular complexity index is 530. The van der Waals surface area contributed by atoms with Gasteiger partial charge < -0.3 is 5.32 Å². The van der Waals surface area contributed by atoms with E-state index in [9.17, 15) is 0 Å². The van der Waals surface area contributed by atoms with Gasteiger partial charge in [-0.2, -0.15) is 5.10 Å². The van der Waals surface area contributed by atoms with Crippen LogP contribution in [0.15, 0.2) is 6.20 Å². The molecule has 0 bridgehead atoms. The molecule has 2 aromatic rings. The Labute approximate surface area is 111 Å². The molecule has 0 amide bonds. The van der Waals surface area contributed by atoms with Crippen LogP contribution in [0.4, 0.5) is 0 Å². The fourth-order valence-electron chi connectivity index (χ4n) is 1.82. The van der Waals surface area contributed by atoms with E-state index in [-0.39, 0.29) is 0 Å². The molecule has 0 radical (unpaired) electrons. The maximum atomic E-state index is 6.29. The van der Waals surface area contributed by atoms with Gasteiger partial charge in [-0.25, -0.2) is 4.68 Å². The predicted octanol–water partition coefficient (Wildman–Crippen LogP) is 0.995. The largest absolute Gasteiger partial charge is 0.314 e. The van der Waals surface area contributed by atoms with Gasteiger partial charge in [0.25, 0.3) is 0 Å². The molecule has 0 saturated heterocycles. The van der Waals surface area contributed by atoms with Gasteiger partial charge in [0.05, 0.1) is 34.8 Å². The summed E-state index contributed by atoms with van der Waals surface area (Å²) >= 11 is 6.29. The van der Waals surface area contributed by atoms with E-state index in [2.05, 4.69) is 20.7 Å². The van der Waals surface area contributed by atoms with Crippen LogP contribution in [0.1, 0.15) is 24.0 Å². The molecule has 1 N–H and O–H groups in total. The smallest absolute Gasteiger partial charge is 0.0964 e. The molecule has 0 spiro atoms. The topological polar surface area (TPSA) is 60.6 Å². The highest BCUT2D eigenvalue weighted by molar-refractivity contribution is 6.31. The minimum atomic E-state index is 0.582. The van der Waals surface area contributed by atoms with E-state index < -0.39 is 0 Å². The monoisotopic (exact) mass is 268 g/mol. The van der Waals surface area contributed by atoms with Crippen molar-refractivity contribution in [3.05, 3.63) is 28.3 Å². The van der Waals surface area contributed by atoms with Crippen molar-refractivity contribution in [2.24, 2.45) is 7.05 Å². The lowest BCUT2D eigenvalue weighted by Crippen LogP contribution is -2.07. The third kappa shape index (κ3) is 2.54. The Morgan fingerprint density at radius 3 is 2.83 bits per heavy atom. The molecular formula is C11H17ClN6. The minimum Gasteiger partial charge on any atom is -0.314 e. The van der Waals surface area contributed by atoms with Crippen molar-refractivity contribution in [2.45, 2.75) is 26.4 Å². The first-order chi connectivity index (χ1) is 8.65. The molecule has 2 aromatic heterocycles. The number of halogens is 1. The van der Waals surface area contributed by atoms with E-state index in [4.69, 9.17) is 11.6 Å². The highest BCUT2D eigenvalue weighted by Gasteiger charge is 2.13. The molecule has 0 aliphatic heterocycles. The fourth-order valence-corrected chi connectivity index (χ4v) is 2.18. The van der Waals surface area contributed by atoms with E-state index in [1.54, 1.807) is 9.36 Å². The summed E-state index contributed by atoms with van der Waals surface area (Å²) < 4.78 is 3.58. The van der Waals surface area contributed by atoms with Gasteiger partial charge in [0, 0.05) is 13.6 Å². The summed E-state index contributed by atoms with van der Waals surface area (Å²) in [4.78, 5) is 0. The molecule has 6 nitrogen and oxygen atoms in total. The zero-order valence-corrected chi connectivity index (χ0v) is 11.6. The summed E-state index contributed by atoms with van der Waals surface area (Å²) in [6, 6.07) is 0. The van der Waals surface area contributed by atoms with Gasteiger partial charge in [-0.15, -0.1) is 5.10 Å². The van der Waals surface area contributed by atoms with Crippen LogP contribution in [0.3, 0.4) is 0 Å². The summed E-state index contributed by atoms with van der Waals surface area (Å²) in [6.07, 6.45) is 2.74. The van der Waals surface area contributed by atoms with Crippen molar-refractivity contribution in [1.29, 1.82) is 0 Å². The molecule has 98 valence electrons. The van der Waals surface area contributed by atoms with Crippen LogP contribution < -0.4 is 5.32 Å². The molecule has 18 heavy (non-hydrogen) atoms. The Hall–Kier alpha value is -1.40. The Morgan fingerprint density at radius 1 is 1.44 bits per heavy atom. The average molecular weight is 269 g/mol. The fraction of sp³-hybridized carbons (Fsp3) is 0.545. The highest BCUT2D eigenvalue weighted by atomic mass is 35.5. The van der Waals surface area contributed by atoms with Crippen LogP contribution in [0.2, 0.25) is 5.02 Å². The van der Waals surface area contributed by atoms with E-state index in [1.165, 1.54) is 0 Å². The van der Waals surface area contributed by atoms with Gasteiger partial charge in [0.15, 0.2) is 0 Å². The normalized spacial score (nSPS) is 11.1. The standard InChI is InChI=1S/C11H17ClN6/c1-4-9-11(12)10(17(3)15-9)7-18-6-8(5-13-2)14-16-18/h6,13H,4-5,7H2,1-3H3. The van der Waals surface area contributed by atoms with Crippen molar-refractivity contribution < 1.29 is 0 Å². The van der Waals surface area contributed by atoms with Crippen molar-refractivity contribution >= 4 is 11.6 Å². The molecular weight excluding hydrogens is 252 g/mol. The molecule has 0 saturated carbocycles. The Kier molecular flexibility index (Phi) is 3.98. The van der Waals surface area contributed by atoms with Gasteiger partial charge in [0.1, 0.15) is 0 Å². The van der Waals surface area contributed by atoms with E-state index in [1.807, 2.05) is 27.2 Å². The van der Waals surface area contributed by atoms with Crippen LogP contribution in [-0.4, -0.2) is 31.8 Å². The van der Waals surface area contributed by atoms with E-state index in [0.29, 0.717) is 13.1 Å². The third-order valence-corrected chi connectivity index (χ3v) is 3.20. The van der Waals surface area contributed by atoms with Crippen LogP contribution >= 0.6 is 11.6 Å². The molecule has 0 aliphatic rings. The number of hydrogen-bond donors (Lipinski definition) is 1. The van der Waals surface area contributed by atoms with Gasteiger partial charge in [-0.1, -0.05) is 23.7 Å². The number of aryl methyl sites for hydroxylation is 2. The first kappa shape index (κ1) is 13.0. The number of hydrogen-bond acceptors (Lipinski definition) is 4. The van der Waals surface area contributed by atoms with Crippen LogP contribution in [-0.2, 0) is 26.6 Å². The second-order valence-corrected chi connectivity index (χ2v) is 4.50. The lowest BCUT2D eigenvalue weighted by atomic mass is 10.3. The molecule has 0 unspecified atom stereocenters. The molecule has 2 rings (SSSR count). The first-order valence-corrected chi connectivity index (χ1v) is 6.27. The number of nitrogens with one attached hydrogen (secondary N) is 1. The molecule has 7 heteroatoms. The second kappa shape index (κ2) is 5.49. The zero-order valence-electron chi connectivity index (χ0n) is 10.8. The van der Waals surface area contributed by atoms with Crippen LogP contribution in [0.5, 0.6) is 0 Å². The summed E-state index contributed by atoms with van der Waals surface area (Å²) in [5.41, 5.74) is 2.78. The lowest BCUT2D eigenvalue weighted by molar-refractivity contribution is 0.598. The van der Waals surface area contributed by atoms with Crippen molar-refractivity contribution in [3.8, 4) is 0 Å². The zero-order chi connectivity index (χ0) is 13.1. The van der Waals surface area contributed by atoms with E-state index in [0.717, 1.165) is 28.5 Å². The predicted molar refractivity (Wildman–Crippen MR) is 69.5 cm³/mol. The van der Waals surface area contributed by atoms with Gasteiger partial charge in [0.2, 0.25) is 0 Å². The molecule has 0 fully saturated rings. The SMILES string of the molecule is CCc1nn(C)c(Cn2cc(CNC)nn2)c1Cl. The lowest BCUT2D eigenvalue weighted by Gasteiger charge is -2.01. The van der Waals surface area contributed by atoms with Crippen LogP contribution in [0, 0.1) is 0 Å². The summed E-state index contributed by atoms with van der Waals surface area (Å²) in [7, 11) is 3.77. The maximum absolute atomic E-state index is 6.29. The third-order valence-electron chi connectivity index (χ3n) is 2.76. The molecule has 0 aliphatic carbocycles. The van der Waals surface area contributed by atoms with Gasteiger partial charge in [-0.3, -0.25) is 4.68 Å². The van der Waals surface area contributed by atoms with Gasteiger partial charge >= 0.3 is 0 Å².